The number of thioether (sulfide) groups is 1. The lowest BCUT2D eigenvalue weighted by atomic mass is 10.3. The summed E-state index contributed by atoms with van der Waals surface area (Å²) < 4.78 is 1.68. The van der Waals surface area contributed by atoms with E-state index in [9.17, 15) is 5.11 Å². The molecule has 2 aromatic rings. The maximum absolute atomic E-state index is 9.76. The van der Waals surface area contributed by atoms with Gasteiger partial charge in [-0.3, -0.25) is 0 Å². The average Bonchev–Trinajstić information content (AvgIpc) is 2.72. The molecular formula is C11H13N3OS. The van der Waals surface area contributed by atoms with Crippen molar-refractivity contribution in [1.29, 1.82) is 0 Å². The van der Waals surface area contributed by atoms with Crippen molar-refractivity contribution >= 4 is 11.8 Å². The zero-order valence-corrected chi connectivity index (χ0v) is 9.74. The van der Waals surface area contributed by atoms with Gasteiger partial charge >= 0.3 is 0 Å². The molecule has 1 aromatic carbocycles. The van der Waals surface area contributed by atoms with Crippen LogP contribution in [0.15, 0.2) is 35.4 Å². The number of nitrogens with zero attached hydrogens (tertiary/aromatic N) is 2. The van der Waals surface area contributed by atoms with E-state index in [0.717, 1.165) is 10.7 Å². The highest BCUT2D eigenvalue weighted by Gasteiger charge is 2.10. The molecule has 0 amide bonds. The summed E-state index contributed by atoms with van der Waals surface area (Å²) in [5.41, 5.74) is 7.19. The molecule has 84 valence electrons. The third-order valence-corrected chi connectivity index (χ3v) is 2.91. The summed E-state index contributed by atoms with van der Waals surface area (Å²) in [4.78, 5) is 0. The lowest BCUT2D eigenvalue weighted by Crippen LogP contribution is -2.06. The molecule has 0 atom stereocenters. The van der Waals surface area contributed by atoms with Crippen molar-refractivity contribution in [1.82, 2.24) is 9.78 Å². The van der Waals surface area contributed by atoms with E-state index in [1.54, 1.807) is 28.6 Å². The van der Waals surface area contributed by atoms with E-state index < -0.39 is 0 Å². The molecule has 0 spiro atoms. The molecule has 16 heavy (non-hydrogen) atoms. The van der Waals surface area contributed by atoms with E-state index in [1.165, 1.54) is 0 Å². The van der Waals surface area contributed by atoms with Gasteiger partial charge in [-0.05, 0) is 24.5 Å². The van der Waals surface area contributed by atoms with Gasteiger partial charge in [0.2, 0.25) is 0 Å². The molecule has 0 aliphatic carbocycles. The Morgan fingerprint density at radius 2 is 2.19 bits per heavy atom. The van der Waals surface area contributed by atoms with Gasteiger partial charge in [0.15, 0.2) is 0 Å². The number of phenols is 1. The summed E-state index contributed by atoms with van der Waals surface area (Å²) in [6.07, 6.45) is 1.96. The van der Waals surface area contributed by atoms with Gasteiger partial charge in [-0.2, -0.15) is 5.10 Å². The van der Waals surface area contributed by atoms with Crippen molar-refractivity contribution < 1.29 is 5.11 Å². The molecule has 0 saturated carbocycles. The second-order valence-electron chi connectivity index (χ2n) is 3.28. The van der Waals surface area contributed by atoms with Crippen LogP contribution in [0.2, 0.25) is 0 Å². The first-order valence-electron chi connectivity index (χ1n) is 4.87. The molecule has 1 heterocycles. The van der Waals surface area contributed by atoms with E-state index >= 15 is 0 Å². The molecule has 0 aliphatic rings. The van der Waals surface area contributed by atoms with Gasteiger partial charge in [0, 0.05) is 6.54 Å². The Balaban J connectivity index is 2.54. The lowest BCUT2D eigenvalue weighted by Gasteiger charge is -2.07. The molecule has 4 nitrogen and oxygen atoms in total. The Hall–Kier alpha value is -1.46. The second kappa shape index (κ2) is 4.59. The summed E-state index contributed by atoms with van der Waals surface area (Å²) in [6, 6.07) is 9.01. The number of benzene rings is 1. The predicted octanol–water partition coefficient (Wildman–Crippen LogP) is 1.76. The molecule has 0 radical (unpaired) electrons. The molecule has 0 unspecified atom stereocenters. The number of rotatable bonds is 3. The van der Waals surface area contributed by atoms with Crippen LogP contribution in [0.1, 0.15) is 5.69 Å². The second-order valence-corrected chi connectivity index (χ2v) is 4.11. The molecule has 1 aromatic heterocycles. The van der Waals surface area contributed by atoms with Crippen molar-refractivity contribution in [2.24, 2.45) is 5.73 Å². The normalized spacial score (nSPS) is 10.6. The van der Waals surface area contributed by atoms with E-state index in [-0.39, 0.29) is 5.75 Å². The molecule has 0 aliphatic heterocycles. The van der Waals surface area contributed by atoms with Crippen LogP contribution in [0.3, 0.4) is 0 Å². The van der Waals surface area contributed by atoms with Crippen LogP contribution in [0.25, 0.3) is 5.69 Å². The van der Waals surface area contributed by atoms with Crippen LogP contribution in [-0.2, 0) is 6.54 Å². The fraction of sp³-hybridized carbons (Fsp3) is 0.182. The molecular weight excluding hydrogens is 222 g/mol. The maximum atomic E-state index is 9.76. The highest BCUT2D eigenvalue weighted by atomic mass is 32.2. The summed E-state index contributed by atoms with van der Waals surface area (Å²) >= 11 is 1.55. The summed E-state index contributed by atoms with van der Waals surface area (Å²) in [6.45, 7) is 0.391. The van der Waals surface area contributed by atoms with Crippen molar-refractivity contribution in [3.63, 3.8) is 0 Å². The van der Waals surface area contributed by atoms with Crippen LogP contribution < -0.4 is 5.73 Å². The van der Waals surface area contributed by atoms with Gasteiger partial charge in [0.25, 0.3) is 0 Å². The van der Waals surface area contributed by atoms with Crippen molar-refractivity contribution in [2.75, 3.05) is 6.26 Å². The SMILES string of the molecule is CSc1cc(CN)n(-c2ccccc2O)n1. The number of hydrogen-bond donors (Lipinski definition) is 2. The first-order valence-corrected chi connectivity index (χ1v) is 6.10. The van der Waals surface area contributed by atoms with E-state index in [2.05, 4.69) is 5.10 Å². The van der Waals surface area contributed by atoms with Crippen LogP contribution in [-0.4, -0.2) is 21.1 Å². The Morgan fingerprint density at radius 3 is 2.81 bits per heavy atom. The number of aromatic hydroxyl groups is 1. The van der Waals surface area contributed by atoms with Crippen LogP contribution in [0.5, 0.6) is 5.75 Å². The Bertz CT molecular complexity index is 496. The summed E-state index contributed by atoms with van der Waals surface area (Å²) in [5.74, 6) is 0.202. The molecule has 0 saturated heterocycles. The Morgan fingerprint density at radius 1 is 1.44 bits per heavy atom. The van der Waals surface area contributed by atoms with E-state index in [0.29, 0.717) is 12.2 Å². The monoisotopic (exact) mass is 235 g/mol. The van der Waals surface area contributed by atoms with Gasteiger partial charge in [-0.1, -0.05) is 12.1 Å². The zero-order valence-electron chi connectivity index (χ0n) is 8.92. The predicted molar refractivity (Wildman–Crippen MR) is 64.9 cm³/mol. The van der Waals surface area contributed by atoms with Gasteiger partial charge in [0.05, 0.1) is 5.69 Å². The maximum Gasteiger partial charge on any atom is 0.141 e. The van der Waals surface area contributed by atoms with Crippen molar-refractivity contribution in [3.05, 3.63) is 36.0 Å². The number of phenolic OH excluding ortho intramolecular Hbond substituents is 1. The van der Waals surface area contributed by atoms with Crippen LogP contribution in [0.4, 0.5) is 0 Å². The minimum absolute atomic E-state index is 0.202. The molecule has 3 N–H and O–H groups in total. The number of aromatic nitrogens is 2. The number of nitrogens with two attached hydrogens (primary N) is 1. The Labute approximate surface area is 98.1 Å². The average molecular weight is 235 g/mol. The number of para-hydroxylation sites is 2. The van der Waals surface area contributed by atoms with Gasteiger partial charge in [-0.25, -0.2) is 4.68 Å². The molecule has 0 bridgehead atoms. The zero-order chi connectivity index (χ0) is 11.5. The third kappa shape index (κ3) is 1.91. The quantitative estimate of drug-likeness (QED) is 0.796. The van der Waals surface area contributed by atoms with E-state index in [4.69, 9.17) is 5.73 Å². The Kier molecular flexibility index (Phi) is 3.17. The van der Waals surface area contributed by atoms with Crippen molar-refractivity contribution in [3.8, 4) is 11.4 Å². The van der Waals surface area contributed by atoms with E-state index in [1.807, 2.05) is 24.5 Å². The highest BCUT2D eigenvalue weighted by Crippen LogP contribution is 2.24. The topological polar surface area (TPSA) is 64.1 Å². The molecule has 5 heteroatoms. The minimum Gasteiger partial charge on any atom is -0.506 e. The van der Waals surface area contributed by atoms with Crippen LogP contribution >= 0.6 is 11.8 Å². The lowest BCUT2D eigenvalue weighted by molar-refractivity contribution is 0.469. The minimum atomic E-state index is 0.202. The first-order chi connectivity index (χ1) is 7.76. The van der Waals surface area contributed by atoms with Gasteiger partial charge < -0.3 is 10.8 Å². The molecule has 0 fully saturated rings. The number of hydrogen-bond acceptors (Lipinski definition) is 4. The smallest absolute Gasteiger partial charge is 0.141 e. The fourth-order valence-corrected chi connectivity index (χ4v) is 1.91. The third-order valence-electron chi connectivity index (χ3n) is 2.29. The first kappa shape index (κ1) is 11.0. The summed E-state index contributed by atoms with van der Waals surface area (Å²) in [5, 5.41) is 15.0. The largest absolute Gasteiger partial charge is 0.506 e. The highest BCUT2D eigenvalue weighted by molar-refractivity contribution is 7.98. The summed E-state index contributed by atoms with van der Waals surface area (Å²) in [7, 11) is 0. The molecule has 2 rings (SSSR count). The standard InChI is InChI=1S/C11H13N3OS/c1-16-11-6-8(7-12)14(13-11)9-4-2-3-5-10(9)15/h2-6,15H,7,12H2,1H3. The van der Waals surface area contributed by atoms with Crippen molar-refractivity contribution in [2.45, 2.75) is 11.6 Å². The van der Waals surface area contributed by atoms with Crippen LogP contribution in [0, 0.1) is 0 Å². The van der Waals surface area contributed by atoms with Gasteiger partial charge in [-0.15, -0.1) is 11.8 Å². The fourth-order valence-electron chi connectivity index (χ4n) is 1.49. The van der Waals surface area contributed by atoms with Gasteiger partial charge in [0.1, 0.15) is 16.5 Å².